The molecule has 0 atom stereocenters. The molecule has 0 aliphatic rings. The molecule has 0 bridgehead atoms. The average Bonchev–Trinajstić information content (AvgIpc) is 2.71. The fraction of sp³-hybridized carbons (Fsp3) is 0.0952. The molecule has 0 aliphatic carbocycles. The number of nitrogens with zero attached hydrogens (tertiary/aromatic N) is 3. The van der Waals surface area contributed by atoms with Crippen molar-refractivity contribution in [3.8, 4) is 23.4 Å². The second kappa shape index (κ2) is 8.16. The van der Waals surface area contributed by atoms with Crippen LogP contribution >= 0.6 is 11.8 Å². The third-order valence-corrected chi connectivity index (χ3v) is 4.98. The summed E-state index contributed by atoms with van der Waals surface area (Å²) in [5.74, 6) is 0.322. The lowest BCUT2D eigenvalue weighted by Gasteiger charge is -2.14. The van der Waals surface area contributed by atoms with Crippen molar-refractivity contribution in [1.82, 2.24) is 4.98 Å². The second-order valence-corrected chi connectivity index (χ2v) is 6.77. The lowest BCUT2D eigenvalue weighted by molar-refractivity contribution is -0.138. The van der Waals surface area contributed by atoms with E-state index in [1.54, 1.807) is 60.7 Å². The molecule has 7 heteroatoms. The Labute approximate surface area is 164 Å². The van der Waals surface area contributed by atoms with E-state index in [1.807, 2.05) is 6.07 Å². The molecule has 0 saturated heterocycles. The van der Waals surface area contributed by atoms with Crippen LogP contribution in [0.2, 0.25) is 0 Å². The summed E-state index contributed by atoms with van der Waals surface area (Å²) in [7, 11) is 0. The first-order valence-corrected chi connectivity index (χ1v) is 9.10. The van der Waals surface area contributed by atoms with Crippen molar-refractivity contribution in [2.45, 2.75) is 17.0 Å². The molecule has 1 heterocycles. The highest BCUT2D eigenvalue weighted by Gasteiger charge is 2.36. The van der Waals surface area contributed by atoms with Gasteiger partial charge in [-0.25, -0.2) is 4.98 Å². The number of alkyl halides is 3. The van der Waals surface area contributed by atoms with E-state index in [1.165, 1.54) is 0 Å². The minimum absolute atomic E-state index is 0.0283. The number of benzene rings is 2. The number of thioether (sulfide) groups is 1. The Hall–Kier alpha value is -3.29. The Bertz CT molecular complexity index is 1060. The third-order valence-electron chi connectivity index (χ3n) is 3.93. The van der Waals surface area contributed by atoms with Crippen LogP contribution in [0, 0.1) is 22.7 Å². The normalized spacial score (nSPS) is 10.9. The zero-order valence-corrected chi connectivity index (χ0v) is 15.2. The van der Waals surface area contributed by atoms with E-state index >= 15 is 0 Å². The predicted molar refractivity (Wildman–Crippen MR) is 100 cm³/mol. The van der Waals surface area contributed by atoms with E-state index in [2.05, 4.69) is 4.98 Å². The summed E-state index contributed by atoms with van der Waals surface area (Å²) in [6.45, 7) is 0. The minimum atomic E-state index is -4.67. The van der Waals surface area contributed by atoms with Crippen molar-refractivity contribution in [2.75, 3.05) is 0 Å². The van der Waals surface area contributed by atoms with Gasteiger partial charge in [0.05, 0.1) is 28.5 Å². The summed E-state index contributed by atoms with van der Waals surface area (Å²) in [6.07, 6.45) is -4.67. The van der Waals surface area contributed by atoms with Gasteiger partial charge in [-0.3, -0.25) is 0 Å². The quantitative estimate of drug-likeness (QED) is 0.524. The van der Waals surface area contributed by atoms with Crippen LogP contribution in [0.15, 0.2) is 65.7 Å². The van der Waals surface area contributed by atoms with Gasteiger partial charge in [0.2, 0.25) is 0 Å². The number of hydrogen-bond acceptors (Lipinski definition) is 4. The summed E-state index contributed by atoms with van der Waals surface area (Å²) >= 11 is 1.06. The molecule has 0 N–H and O–H groups in total. The van der Waals surface area contributed by atoms with Crippen LogP contribution < -0.4 is 0 Å². The number of halogens is 3. The fourth-order valence-corrected chi connectivity index (χ4v) is 3.50. The summed E-state index contributed by atoms with van der Waals surface area (Å²) < 4.78 is 40.6. The number of pyridine rings is 1. The molecule has 0 aliphatic heterocycles. The standard InChI is InChI=1S/C21H12F3N3S/c22-21(23,24)18-10-19(16-4-2-1-3-5-16)27-20(17(18)12-26)28-13-15-8-6-14(11-25)7-9-15/h1-10H,13H2. The summed E-state index contributed by atoms with van der Waals surface area (Å²) in [4.78, 5) is 4.32. The van der Waals surface area contributed by atoms with Crippen molar-refractivity contribution in [1.29, 1.82) is 10.5 Å². The molecule has 0 saturated carbocycles. The van der Waals surface area contributed by atoms with Gasteiger partial charge in [-0.1, -0.05) is 42.5 Å². The summed E-state index contributed by atoms with van der Waals surface area (Å²) in [5, 5.41) is 18.2. The van der Waals surface area contributed by atoms with Crippen LogP contribution in [-0.4, -0.2) is 4.98 Å². The summed E-state index contributed by atoms with van der Waals surface area (Å²) in [5.41, 5.74) is 0.535. The van der Waals surface area contributed by atoms with E-state index in [4.69, 9.17) is 5.26 Å². The molecule has 3 aromatic rings. The third kappa shape index (κ3) is 4.33. The van der Waals surface area contributed by atoms with Crippen LogP contribution in [-0.2, 0) is 11.9 Å². The number of aromatic nitrogens is 1. The van der Waals surface area contributed by atoms with Gasteiger partial charge >= 0.3 is 6.18 Å². The van der Waals surface area contributed by atoms with E-state index < -0.39 is 17.3 Å². The molecular weight excluding hydrogens is 383 g/mol. The first-order chi connectivity index (χ1) is 13.4. The fourth-order valence-electron chi connectivity index (χ4n) is 2.54. The molecule has 3 rings (SSSR count). The molecule has 0 fully saturated rings. The molecule has 2 aromatic carbocycles. The largest absolute Gasteiger partial charge is 0.417 e. The Morgan fingerprint density at radius 2 is 1.61 bits per heavy atom. The van der Waals surface area contributed by atoms with Crippen molar-refractivity contribution >= 4 is 11.8 Å². The molecule has 0 spiro atoms. The Morgan fingerprint density at radius 3 is 2.18 bits per heavy atom. The highest BCUT2D eigenvalue weighted by atomic mass is 32.2. The van der Waals surface area contributed by atoms with Crippen molar-refractivity contribution in [3.63, 3.8) is 0 Å². The molecule has 28 heavy (non-hydrogen) atoms. The Balaban J connectivity index is 2.02. The van der Waals surface area contributed by atoms with Crippen molar-refractivity contribution in [3.05, 3.63) is 82.9 Å². The van der Waals surface area contributed by atoms with E-state index in [0.29, 0.717) is 16.9 Å². The average molecular weight is 395 g/mol. The van der Waals surface area contributed by atoms with Crippen molar-refractivity contribution in [2.24, 2.45) is 0 Å². The minimum Gasteiger partial charge on any atom is -0.240 e. The SMILES string of the molecule is N#Cc1ccc(CSc2nc(-c3ccccc3)cc(C(F)(F)F)c2C#N)cc1. The lowest BCUT2D eigenvalue weighted by atomic mass is 10.1. The van der Waals surface area contributed by atoms with Gasteiger partial charge in [-0.2, -0.15) is 23.7 Å². The predicted octanol–water partition coefficient (Wildman–Crippen LogP) is 5.80. The highest BCUT2D eigenvalue weighted by molar-refractivity contribution is 7.98. The molecule has 3 nitrogen and oxygen atoms in total. The Morgan fingerprint density at radius 1 is 0.929 bits per heavy atom. The maximum atomic E-state index is 13.5. The molecule has 138 valence electrons. The highest BCUT2D eigenvalue weighted by Crippen LogP contribution is 2.38. The summed E-state index contributed by atoms with van der Waals surface area (Å²) in [6, 6.07) is 19.8. The van der Waals surface area contributed by atoms with Gasteiger partial charge in [-0.05, 0) is 23.8 Å². The number of nitriles is 2. The smallest absolute Gasteiger partial charge is 0.240 e. The first-order valence-electron chi connectivity index (χ1n) is 8.12. The first kappa shape index (κ1) is 19.5. The van der Waals surface area contributed by atoms with Crippen LogP contribution in [0.1, 0.15) is 22.3 Å². The monoisotopic (exact) mass is 395 g/mol. The Kier molecular flexibility index (Phi) is 5.67. The van der Waals surface area contributed by atoms with Gasteiger partial charge in [0.15, 0.2) is 0 Å². The topological polar surface area (TPSA) is 60.5 Å². The van der Waals surface area contributed by atoms with Gasteiger partial charge in [0, 0.05) is 11.3 Å². The molecule has 0 amide bonds. The van der Waals surface area contributed by atoms with Crippen LogP contribution in [0.25, 0.3) is 11.3 Å². The molecule has 0 unspecified atom stereocenters. The number of hydrogen-bond donors (Lipinski definition) is 0. The van der Waals surface area contributed by atoms with Gasteiger partial charge in [-0.15, -0.1) is 11.8 Å². The van der Waals surface area contributed by atoms with Crippen LogP contribution in [0.4, 0.5) is 13.2 Å². The van der Waals surface area contributed by atoms with Crippen molar-refractivity contribution < 1.29 is 13.2 Å². The van der Waals surface area contributed by atoms with Gasteiger partial charge in [0.1, 0.15) is 11.1 Å². The van der Waals surface area contributed by atoms with E-state index in [-0.39, 0.29) is 10.7 Å². The van der Waals surface area contributed by atoms with Crippen LogP contribution in [0.3, 0.4) is 0 Å². The van der Waals surface area contributed by atoms with Gasteiger partial charge < -0.3 is 0 Å². The zero-order valence-electron chi connectivity index (χ0n) is 14.4. The molecule has 1 aromatic heterocycles. The lowest BCUT2D eigenvalue weighted by Crippen LogP contribution is -2.10. The second-order valence-electron chi connectivity index (χ2n) is 5.81. The van der Waals surface area contributed by atoms with Crippen LogP contribution in [0.5, 0.6) is 0 Å². The molecule has 0 radical (unpaired) electrons. The van der Waals surface area contributed by atoms with E-state index in [0.717, 1.165) is 23.4 Å². The maximum absolute atomic E-state index is 13.5. The van der Waals surface area contributed by atoms with Gasteiger partial charge in [0.25, 0.3) is 0 Å². The zero-order chi connectivity index (χ0) is 20.1. The molecular formula is C21H12F3N3S. The van der Waals surface area contributed by atoms with E-state index in [9.17, 15) is 18.4 Å². The number of rotatable bonds is 4. The maximum Gasteiger partial charge on any atom is 0.417 e.